The molecule has 0 aliphatic carbocycles. The van der Waals surface area contributed by atoms with Gasteiger partial charge in [-0.25, -0.2) is 4.79 Å². The lowest BCUT2D eigenvalue weighted by Gasteiger charge is -2.16. The van der Waals surface area contributed by atoms with Crippen molar-refractivity contribution >= 4 is 11.9 Å². The molecule has 0 aliphatic rings. The first-order valence-electron chi connectivity index (χ1n) is 6.32. The van der Waals surface area contributed by atoms with Gasteiger partial charge in [0.15, 0.2) is 0 Å². The zero-order chi connectivity index (χ0) is 16.2. The Hall–Kier alpha value is -2.05. The van der Waals surface area contributed by atoms with Crippen LogP contribution in [0.4, 0.5) is 13.2 Å². The molecular formula is C14H16F3NO3. The van der Waals surface area contributed by atoms with E-state index in [0.29, 0.717) is 0 Å². The summed E-state index contributed by atoms with van der Waals surface area (Å²) in [5.41, 5.74) is -0.881. The summed E-state index contributed by atoms with van der Waals surface area (Å²) in [5, 5.41) is 11.3. The van der Waals surface area contributed by atoms with Crippen LogP contribution in [0, 0.1) is 5.92 Å². The third-order valence-corrected chi connectivity index (χ3v) is 2.78. The number of amides is 1. The Bertz CT molecular complexity index is 509. The predicted molar refractivity (Wildman–Crippen MR) is 69.8 cm³/mol. The molecule has 7 heteroatoms. The number of halogens is 3. The minimum Gasteiger partial charge on any atom is -0.480 e. The Labute approximate surface area is 120 Å². The van der Waals surface area contributed by atoms with Gasteiger partial charge in [0, 0.05) is 5.56 Å². The first-order valence-corrected chi connectivity index (χ1v) is 6.32. The van der Waals surface area contributed by atoms with Crippen molar-refractivity contribution in [2.75, 3.05) is 0 Å². The topological polar surface area (TPSA) is 66.4 Å². The number of carbonyl (C=O) groups excluding carboxylic acids is 1. The van der Waals surface area contributed by atoms with Crippen molar-refractivity contribution in [1.29, 1.82) is 0 Å². The number of nitrogens with one attached hydrogen (secondary N) is 1. The lowest BCUT2D eigenvalue weighted by Crippen LogP contribution is -2.41. The number of rotatable bonds is 5. The second kappa shape index (κ2) is 6.60. The van der Waals surface area contributed by atoms with Gasteiger partial charge >= 0.3 is 12.1 Å². The molecule has 1 rings (SSSR count). The van der Waals surface area contributed by atoms with Crippen LogP contribution in [0.3, 0.4) is 0 Å². The summed E-state index contributed by atoms with van der Waals surface area (Å²) < 4.78 is 37.2. The molecule has 0 radical (unpaired) electrons. The van der Waals surface area contributed by atoms with E-state index in [1.54, 1.807) is 13.8 Å². The summed E-state index contributed by atoms with van der Waals surface area (Å²) in [4.78, 5) is 22.9. The van der Waals surface area contributed by atoms with Gasteiger partial charge in [-0.2, -0.15) is 13.2 Å². The second-order valence-corrected chi connectivity index (χ2v) is 5.07. The van der Waals surface area contributed by atoms with E-state index in [-0.39, 0.29) is 17.9 Å². The van der Waals surface area contributed by atoms with E-state index >= 15 is 0 Å². The molecule has 0 spiro atoms. The van der Waals surface area contributed by atoms with Crippen molar-refractivity contribution in [2.24, 2.45) is 5.92 Å². The molecule has 0 bridgehead atoms. The van der Waals surface area contributed by atoms with Crippen LogP contribution in [-0.2, 0) is 11.0 Å². The van der Waals surface area contributed by atoms with E-state index in [1.807, 2.05) is 0 Å². The van der Waals surface area contributed by atoms with Gasteiger partial charge in [0.1, 0.15) is 6.04 Å². The SMILES string of the molecule is CC(C)C[C@H](NC(=O)c1ccc(C(F)(F)F)cc1)C(=O)O. The number of aliphatic carboxylic acids is 1. The lowest BCUT2D eigenvalue weighted by atomic mass is 10.0. The van der Waals surface area contributed by atoms with Crippen molar-refractivity contribution in [3.05, 3.63) is 35.4 Å². The maximum Gasteiger partial charge on any atom is 0.416 e. The van der Waals surface area contributed by atoms with Gasteiger partial charge < -0.3 is 10.4 Å². The molecule has 0 heterocycles. The summed E-state index contributed by atoms with van der Waals surface area (Å²) >= 11 is 0. The minimum absolute atomic E-state index is 0.0157. The van der Waals surface area contributed by atoms with Gasteiger partial charge in [-0.1, -0.05) is 13.8 Å². The van der Waals surface area contributed by atoms with Gasteiger partial charge in [-0.05, 0) is 36.6 Å². The number of carbonyl (C=O) groups is 2. The normalized spacial score (nSPS) is 13.0. The predicted octanol–water partition coefficient (Wildman–Crippen LogP) is 2.93. The van der Waals surface area contributed by atoms with Crippen molar-refractivity contribution < 1.29 is 27.9 Å². The summed E-state index contributed by atoms with van der Waals surface area (Å²) in [5.74, 6) is -1.83. The van der Waals surface area contributed by atoms with Crippen molar-refractivity contribution in [2.45, 2.75) is 32.5 Å². The van der Waals surface area contributed by atoms with E-state index in [4.69, 9.17) is 5.11 Å². The summed E-state index contributed by atoms with van der Waals surface area (Å²) in [6, 6.07) is 2.54. The molecule has 0 saturated carbocycles. The van der Waals surface area contributed by atoms with E-state index in [0.717, 1.165) is 24.3 Å². The average Bonchev–Trinajstić information content (AvgIpc) is 2.36. The molecular weight excluding hydrogens is 287 g/mol. The zero-order valence-electron chi connectivity index (χ0n) is 11.6. The fourth-order valence-electron chi connectivity index (χ4n) is 1.75. The van der Waals surface area contributed by atoms with Crippen LogP contribution in [0.5, 0.6) is 0 Å². The Balaban J connectivity index is 2.81. The first-order chi connectivity index (χ1) is 9.61. The Morgan fingerprint density at radius 1 is 1.19 bits per heavy atom. The van der Waals surface area contributed by atoms with Crippen LogP contribution in [0.2, 0.25) is 0 Å². The highest BCUT2D eigenvalue weighted by Crippen LogP contribution is 2.29. The average molecular weight is 303 g/mol. The summed E-state index contributed by atoms with van der Waals surface area (Å²) in [7, 11) is 0. The standard InChI is InChI=1S/C14H16F3NO3/c1-8(2)7-11(13(20)21)18-12(19)9-3-5-10(6-4-9)14(15,16)17/h3-6,8,11H,7H2,1-2H3,(H,18,19)(H,20,21)/t11-/m0/s1. The number of carboxylic acids is 1. The molecule has 21 heavy (non-hydrogen) atoms. The van der Waals surface area contributed by atoms with Crippen LogP contribution < -0.4 is 5.32 Å². The molecule has 4 nitrogen and oxygen atoms in total. The third kappa shape index (κ3) is 5.09. The van der Waals surface area contributed by atoms with Gasteiger partial charge in [0.05, 0.1) is 5.56 Å². The van der Waals surface area contributed by atoms with Crippen LogP contribution in [0.1, 0.15) is 36.2 Å². The Morgan fingerprint density at radius 2 is 1.71 bits per heavy atom. The third-order valence-electron chi connectivity index (χ3n) is 2.78. The smallest absolute Gasteiger partial charge is 0.416 e. The molecule has 1 aromatic rings. The molecule has 1 aromatic carbocycles. The van der Waals surface area contributed by atoms with E-state index in [9.17, 15) is 22.8 Å². The van der Waals surface area contributed by atoms with Crippen molar-refractivity contribution in [1.82, 2.24) is 5.32 Å². The molecule has 0 unspecified atom stereocenters. The fourth-order valence-corrected chi connectivity index (χ4v) is 1.75. The monoisotopic (exact) mass is 303 g/mol. The highest BCUT2D eigenvalue weighted by molar-refractivity contribution is 5.96. The molecule has 0 fully saturated rings. The summed E-state index contributed by atoms with van der Waals surface area (Å²) in [6.45, 7) is 3.61. The van der Waals surface area contributed by atoms with E-state index < -0.39 is 29.7 Å². The highest BCUT2D eigenvalue weighted by atomic mass is 19.4. The first kappa shape index (κ1) is 17.0. The van der Waals surface area contributed by atoms with Crippen LogP contribution in [0.15, 0.2) is 24.3 Å². The fraction of sp³-hybridized carbons (Fsp3) is 0.429. The van der Waals surface area contributed by atoms with Crippen molar-refractivity contribution in [3.8, 4) is 0 Å². The van der Waals surface area contributed by atoms with Gasteiger partial charge in [-0.3, -0.25) is 4.79 Å². The van der Waals surface area contributed by atoms with E-state index in [2.05, 4.69) is 5.32 Å². The molecule has 1 amide bonds. The van der Waals surface area contributed by atoms with E-state index in [1.165, 1.54) is 0 Å². The second-order valence-electron chi connectivity index (χ2n) is 5.07. The quantitative estimate of drug-likeness (QED) is 0.879. The van der Waals surface area contributed by atoms with Crippen molar-refractivity contribution in [3.63, 3.8) is 0 Å². The largest absolute Gasteiger partial charge is 0.480 e. The maximum absolute atomic E-state index is 12.4. The number of benzene rings is 1. The number of hydrogen-bond acceptors (Lipinski definition) is 2. The van der Waals surface area contributed by atoms with Gasteiger partial charge in [0.2, 0.25) is 0 Å². The number of alkyl halides is 3. The molecule has 116 valence electrons. The minimum atomic E-state index is -4.48. The maximum atomic E-state index is 12.4. The van der Waals surface area contributed by atoms with Crippen LogP contribution in [-0.4, -0.2) is 23.0 Å². The van der Waals surface area contributed by atoms with Gasteiger partial charge in [0.25, 0.3) is 5.91 Å². The lowest BCUT2D eigenvalue weighted by molar-refractivity contribution is -0.139. The number of carboxylic acid groups (broad SMARTS) is 1. The van der Waals surface area contributed by atoms with Crippen LogP contribution in [0.25, 0.3) is 0 Å². The molecule has 1 atom stereocenters. The molecule has 0 aromatic heterocycles. The summed E-state index contributed by atoms with van der Waals surface area (Å²) in [6.07, 6.45) is -4.24. The molecule has 0 aliphatic heterocycles. The zero-order valence-corrected chi connectivity index (χ0v) is 11.6. The Morgan fingerprint density at radius 3 is 2.10 bits per heavy atom. The molecule has 2 N–H and O–H groups in total. The number of hydrogen-bond donors (Lipinski definition) is 2. The Kier molecular flexibility index (Phi) is 5.34. The van der Waals surface area contributed by atoms with Gasteiger partial charge in [-0.15, -0.1) is 0 Å². The highest BCUT2D eigenvalue weighted by Gasteiger charge is 2.30. The van der Waals surface area contributed by atoms with Crippen LogP contribution >= 0.6 is 0 Å². The molecule has 0 saturated heterocycles.